The van der Waals surface area contributed by atoms with Gasteiger partial charge in [-0.25, -0.2) is 16.8 Å². The summed E-state index contributed by atoms with van der Waals surface area (Å²) in [6.07, 6.45) is 5.23. The van der Waals surface area contributed by atoms with Crippen LogP contribution in [0, 0.1) is 0 Å². The average Bonchev–Trinajstić information content (AvgIpc) is 3.05. The van der Waals surface area contributed by atoms with Crippen molar-refractivity contribution in [1.82, 2.24) is 9.38 Å². The van der Waals surface area contributed by atoms with E-state index in [4.69, 9.17) is 5.73 Å². The van der Waals surface area contributed by atoms with Crippen LogP contribution in [0.5, 0.6) is 0 Å². The van der Waals surface area contributed by atoms with Crippen LogP contribution in [0.2, 0.25) is 0 Å². The number of sulfone groups is 2. The van der Waals surface area contributed by atoms with Crippen LogP contribution in [0.15, 0.2) is 52.6 Å². The van der Waals surface area contributed by atoms with Crippen LogP contribution in [0.25, 0.3) is 16.6 Å². The minimum absolute atomic E-state index is 0.112. The molecular weight excluding hydrogens is 426 g/mol. The normalized spacial score (nSPS) is 12.3. The molecule has 160 valence electrons. The quantitative estimate of drug-likeness (QED) is 0.562. The molecule has 1 amide bonds. The van der Waals surface area contributed by atoms with Crippen molar-refractivity contribution in [2.75, 3.05) is 11.5 Å². The number of hydrogen-bond acceptors (Lipinski definition) is 6. The third-order valence-corrected chi connectivity index (χ3v) is 8.74. The summed E-state index contributed by atoms with van der Waals surface area (Å²) in [4.78, 5) is 15.4. The molecule has 0 fully saturated rings. The number of hydrogen-bond donors (Lipinski definition) is 1. The number of aromatic nitrogens is 2. The Bertz CT molecular complexity index is 1310. The van der Waals surface area contributed by atoms with E-state index in [2.05, 4.69) is 4.98 Å². The average molecular weight is 450 g/mol. The summed E-state index contributed by atoms with van der Waals surface area (Å²) in [6, 6.07) is 6.73. The number of fused-ring (bicyclic) bond motifs is 1. The Hall–Kier alpha value is -2.72. The van der Waals surface area contributed by atoms with Crippen LogP contribution in [-0.2, 0) is 19.7 Å². The summed E-state index contributed by atoms with van der Waals surface area (Å²) in [5.74, 6) is -1.55. The van der Waals surface area contributed by atoms with E-state index in [9.17, 15) is 21.6 Å². The SMILES string of the molecule is CCCS(=O)(=O)c1c(S(=O)(=O)CCC)c2cc(-c3ccncc3)ccn2c1C(N)=O. The molecule has 0 spiro atoms. The highest BCUT2D eigenvalue weighted by molar-refractivity contribution is 7.94. The third-order valence-electron chi connectivity index (χ3n) is 4.66. The van der Waals surface area contributed by atoms with E-state index < -0.39 is 30.5 Å². The van der Waals surface area contributed by atoms with Crippen molar-refractivity contribution in [1.29, 1.82) is 0 Å². The molecule has 3 heterocycles. The third kappa shape index (κ3) is 3.84. The second kappa shape index (κ2) is 8.19. The zero-order valence-corrected chi connectivity index (χ0v) is 18.3. The number of rotatable bonds is 8. The van der Waals surface area contributed by atoms with Crippen molar-refractivity contribution in [3.63, 3.8) is 0 Å². The monoisotopic (exact) mass is 449 g/mol. The maximum atomic E-state index is 13.2. The van der Waals surface area contributed by atoms with E-state index in [-0.39, 0.29) is 34.0 Å². The maximum Gasteiger partial charge on any atom is 0.267 e. The molecule has 0 unspecified atom stereocenters. The lowest BCUT2D eigenvalue weighted by Gasteiger charge is -2.08. The Balaban J connectivity index is 2.51. The Morgan fingerprint density at radius 1 is 0.933 bits per heavy atom. The molecular formula is C20H23N3O5S2. The van der Waals surface area contributed by atoms with Gasteiger partial charge < -0.3 is 10.1 Å². The number of nitrogens with two attached hydrogens (primary N) is 1. The van der Waals surface area contributed by atoms with Gasteiger partial charge in [0.15, 0.2) is 19.7 Å². The first kappa shape index (κ1) is 22.0. The van der Waals surface area contributed by atoms with Gasteiger partial charge in [-0.1, -0.05) is 13.8 Å². The van der Waals surface area contributed by atoms with Crippen LogP contribution in [0.4, 0.5) is 0 Å². The van der Waals surface area contributed by atoms with Gasteiger partial charge in [-0.15, -0.1) is 0 Å². The lowest BCUT2D eigenvalue weighted by molar-refractivity contribution is 0.0991. The minimum Gasteiger partial charge on any atom is -0.364 e. The smallest absolute Gasteiger partial charge is 0.267 e. The Morgan fingerprint density at radius 2 is 1.50 bits per heavy atom. The van der Waals surface area contributed by atoms with Crippen molar-refractivity contribution in [3.05, 3.63) is 48.5 Å². The second-order valence-corrected chi connectivity index (χ2v) is 11.0. The molecule has 0 aliphatic heterocycles. The number of carbonyl (C=O) groups is 1. The summed E-state index contributed by atoms with van der Waals surface area (Å²) in [6.45, 7) is 3.35. The number of carbonyl (C=O) groups excluding carboxylic acids is 1. The van der Waals surface area contributed by atoms with Crippen molar-refractivity contribution in [3.8, 4) is 11.1 Å². The Labute approximate surface area is 175 Å². The van der Waals surface area contributed by atoms with E-state index in [0.29, 0.717) is 12.0 Å². The van der Waals surface area contributed by atoms with Gasteiger partial charge in [0.05, 0.1) is 17.0 Å². The van der Waals surface area contributed by atoms with Gasteiger partial charge in [-0.3, -0.25) is 9.78 Å². The topological polar surface area (TPSA) is 129 Å². The fourth-order valence-electron chi connectivity index (χ4n) is 3.49. The molecule has 0 radical (unpaired) electrons. The summed E-state index contributed by atoms with van der Waals surface area (Å²) >= 11 is 0. The molecule has 3 aromatic rings. The molecule has 30 heavy (non-hydrogen) atoms. The number of primary amides is 1. The van der Waals surface area contributed by atoms with E-state index in [1.165, 1.54) is 10.6 Å². The number of pyridine rings is 2. The van der Waals surface area contributed by atoms with Gasteiger partial charge in [-0.2, -0.15) is 0 Å². The lowest BCUT2D eigenvalue weighted by atomic mass is 10.1. The molecule has 8 nitrogen and oxygen atoms in total. The van der Waals surface area contributed by atoms with Gasteiger partial charge in [0.2, 0.25) is 0 Å². The molecule has 10 heteroatoms. The van der Waals surface area contributed by atoms with Crippen LogP contribution in [0.1, 0.15) is 37.2 Å². The molecule has 3 rings (SSSR count). The first-order valence-electron chi connectivity index (χ1n) is 9.47. The van der Waals surface area contributed by atoms with Gasteiger partial charge in [0, 0.05) is 18.6 Å². The van der Waals surface area contributed by atoms with Crippen molar-refractivity contribution < 1.29 is 21.6 Å². The predicted molar refractivity (Wildman–Crippen MR) is 114 cm³/mol. The van der Waals surface area contributed by atoms with E-state index in [1.54, 1.807) is 50.5 Å². The van der Waals surface area contributed by atoms with E-state index >= 15 is 0 Å². The standard InChI is InChI=1S/C20H23N3O5S2/c1-3-11-29(25,26)18-16-13-15(14-5-8-22-9-6-14)7-10-23(16)17(20(21)24)19(18)30(27,28)12-4-2/h5-10,13H,3-4,11-12H2,1-2H3,(H2,21,24). The van der Waals surface area contributed by atoms with Crippen LogP contribution >= 0.6 is 0 Å². The maximum absolute atomic E-state index is 13.2. The van der Waals surface area contributed by atoms with Gasteiger partial charge in [0.25, 0.3) is 5.91 Å². The van der Waals surface area contributed by atoms with Crippen molar-refractivity contribution >= 4 is 31.1 Å². The van der Waals surface area contributed by atoms with Gasteiger partial charge in [-0.05, 0) is 48.2 Å². The Kier molecular flexibility index (Phi) is 6.00. The largest absolute Gasteiger partial charge is 0.364 e. The molecule has 0 saturated heterocycles. The summed E-state index contributed by atoms with van der Waals surface area (Å²) in [5.41, 5.74) is 6.73. The van der Waals surface area contributed by atoms with Crippen LogP contribution < -0.4 is 5.73 Å². The molecule has 0 aliphatic rings. The molecule has 0 aromatic carbocycles. The van der Waals surface area contributed by atoms with Crippen molar-refractivity contribution in [2.24, 2.45) is 5.73 Å². The zero-order chi connectivity index (χ0) is 22.1. The van der Waals surface area contributed by atoms with E-state index in [1.807, 2.05) is 0 Å². The molecule has 0 atom stereocenters. The summed E-state index contributed by atoms with van der Waals surface area (Å²) in [5, 5.41) is 0. The molecule has 2 N–H and O–H groups in total. The predicted octanol–water partition coefficient (Wildman–Crippen LogP) is 2.47. The fraction of sp³-hybridized carbons (Fsp3) is 0.300. The highest BCUT2D eigenvalue weighted by atomic mass is 32.2. The first-order chi connectivity index (χ1) is 14.1. The summed E-state index contributed by atoms with van der Waals surface area (Å²) in [7, 11) is -8.07. The van der Waals surface area contributed by atoms with Gasteiger partial charge >= 0.3 is 0 Å². The highest BCUT2D eigenvalue weighted by Gasteiger charge is 2.36. The van der Waals surface area contributed by atoms with Crippen LogP contribution in [0.3, 0.4) is 0 Å². The number of amides is 1. The zero-order valence-electron chi connectivity index (χ0n) is 16.7. The Morgan fingerprint density at radius 3 is 2.03 bits per heavy atom. The molecule has 0 saturated carbocycles. The van der Waals surface area contributed by atoms with Gasteiger partial charge in [0.1, 0.15) is 15.5 Å². The van der Waals surface area contributed by atoms with Crippen molar-refractivity contribution in [2.45, 2.75) is 36.5 Å². The van der Waals surface area contributed by atoms with E-state index in [0.717, 1.165) is 5.56 Å². The number of nitrogens with zero attached hydrogens (tertiary/aromatic N) is 2. The summed E-state index contributed by atoms with van der Waals surface area (Å²) < 4.78 is 53.7. The first-order valence-corrected chi connectivity index (χ1v) is 12.8. The fourth-order valence-corrected chi connectivity index (χ4v) is 7.47. The molecule has 3 aromatic heterocycles. The van der Waals surface area contributed by atoms with Crippen LogP contribution in [-0.4, -0.2) is 43.6 Å². The molecule has 0 bridgehead atoms. The highest BCUT2D eigenvalue weighted by Crippen LogP contribution is 2.36. The second-order valence-electron chi connectivity index (χ2n) is 6.92. The molecule has 0 aliphatic carbocycles. The lowest BCUT2D eigenvalue weighted by Crippen LogP contribution is -2.20. The minimum atomic E-state index is -4.07.